The second-order valence-corrected chi connectivity index (χ2v) is 6.31. The molecule has 2 amide bonds. The third-order valence-corrected chi connectivity index (χ3v) is 4.30. The lowest BCUT2D eigenvalue weighted by Gasteiger charge is -2.23. The highest BCUT2D eigenvalue weighted by Crippen LogP contribution is 2.19. The number of aromatic nitrogens is 2. The van der Waals surface area contributed by atoms with Gasteiger partial charge >= 0.3 is 0 Å². The number of nitrogens with zero attached hydrogens (tertiary/aromatic N) is 3. The Morgan fingerprint density at radius 1 is 1.31 bits per heavy atom. The number of likely N-dealkylation sites (N-methyl/N-ethyl adjacent to an activating group) is 1. The average molecular weight is 361 g/mol. The molecule has 140 valence electrons. The number of anilines is 2. The SMILES string of the molecule is Cc1nn(C)c(C)c1NC(=O)[C@H](C)N(C)CC(=O)Nc1cccc(F)c1. The Morgan fingerprint density at radius 2 is 2.00 bits per heavy atom. The number of amides is 2. The van der Waals surface area contributed by atoms with Gasteiger partial charge in [-0.2, -0.15) is 5.10 Å². The largest absolute Gasteiger partial charge is 0.325 e. The first-order chi connectivity index (χ1) is 12.2. The zero-order chi connectivity index (χ0) is 19.4. The van der Waals surface area contributed by atoms with Gasteiger partial charge < -0.3 is 10.6 Å². The van der Waals surface area contributed by atoms with E-state index in [9.17, 15) is 14.0 Å². The fourth-order valence-corrected chi connectivity index (χ4v) is 2.51. The number of hydrogen-bond donors (Lipinski definition) is 2. The van der Waals surface area contributed by atoms with Gasteiger partial charge in [0.1, 0.15) is 5.82 Å². The van der Waals surface area contributed by atoms with Gasteiger partial charge in [-0.25, -0.2) is 4.39 Å². The summed E-state index contributed by atoms with van der Waals surface area (Å²) >= 11 is 0. The van der Waals surface area contributed by atoms with Gasteiger partial charge in [0.25, 0.3) is 0 Å². The molecule has 2 aromatic rings. The van der Waals surface area contributed by atoms with Crippen molar-refractivity contribution in [2.45, 2.75) is 26.8 Å². The van der Waals surface area contributed by atoms with Crippen molar-refractivity contribution in [3.8, 4) is 0 Å². The number of carbonyl (C=O) groups is 2. The zero-order valence-corrected chi connectivity index (χ0v) is 15.6. The minimum absolute atomic E-state index is 0.00387. The van der Waals surface area contributed by atoms with E-state index in [-0.39, 0.29) is 18.4 Å². The van der Waals surface area contributed by atoms with Crippen LogP contribution in [-0.2, 0) is 16.6 Å². The molecule has 0 aliphatic rings. The molecule has 1 atom stereocenters. The van der Waals surface area contributed by atoms with Crippen molar-refractivity contribution in [2.24, 2.45) is 7.05 Å². The maximum atomic E-state index is 13.2. The molecule has 0 aliphatic heterocycles. The zero-order valence-electron chi connectivity index (χ0n) is 15.6. The summed E-state index contributed by atoms with van der Waals surface area (Å²) in [6, 6.07) is 5.12. The predicted molar refractivity (Wildman–Crippen MR) is 98.4 cm³/mol. The van der Waals surface area contributed by atoms with Crippen molar-refractivity contribution in [2.75, 3.05) is 24.2 Å². The highest BCUT2D eigenvalue weighted by molar-refractivity contribution is 5.96. The van der Waals surface area contributed by atoms with Gasteiger partial charge in [-0.05, 0) is 46.0 Å². The molecule has 1 heterocycles. The Labute approximate surface area is 152 Å². The molecular formula is C18H24FN5O2. The lowest BCUT2D eigenvalue weighted by Crippen LogP contribution is -2.43. The molecule has 0 unspecified atom stereocenters. The molecule has 7 nitrogen and oxygen atoms in total. The fraction of sp³-hybridized carbons (Fsp3) is 0.389. The first kappa shape index (κ1) is 19.6. The molecule has 1 aromatic heterocycles. The quantitative estimate of drug-likeness (QED) is 0.826. The van der Waals surface area contributed by atoms with Crippen LogP contribution < -0.4 is 10.6 Å². The molecule has 1 aromatic carbocycles. The van der Waals surface area contributed by atoms with E-state index in [2.05, 4.69) is 15.7 Å². The standard InChI is InChI=1S/C18H24FN5O2/c1-11-17(12(2)24(5)22-11)21-18(26)13(3)23(4)10-16(25)20-15-8-6-7-14(19)9-15/h6-9,13H,10H2,1-5H3,(H,20,25)(H,21,26)/t13-/m0/s1. The number of rotatable bonds is 6. The van der Waals surface area contributed by atoms with Crippen LogP contribution in [0, 0.1) is 19.7 Å². The Kier molecular flexibility index (Phi) is 6.10. The van der Waals surface area contributed by atoms with Gasteiger partial charge in [-0.3, -0.25) is 19.2 Å². The highest BCUT2D eigenvalue weighted by Gasteiger charge is 2.22. The highest BCUT2D eigenvalue weighted by atomic mass is 19.1. The van der Waals surface area contributed by atoms with E-state index in [1.807, 2.05) is 20.9 Å². The monoisotopic (exact) mass is 361 g/mol. The maximum Gasteiger partial charge on any atom is 0.241 e. The Balaban J connectivity index is 1.94. The summed E-state index contributed by atoms with van der Waals surface area (Å²) in [4.78, 5) is 26.2. The van der Waals surface area contributed by atoms with Crippen molar-refractivity contribution in [1.29, 1.82) is 0 Å². The lowest BCUT2D eigenvalue weighted by atomic mass is 10.2. The summed E-state index contributed by atoms with van der Waals surface area (Å²) in [5.74, 6) is -0.983. The smallest absolute Gasteiger partial charge is 0.241 e. The third-order valence-electron chi connectivity index (χ3n) is 4.30. The van der Waals surface area contributed by atoms with Crippen LogP contribution in [0.1, 0.15) is 18.3 Å². The van der Waals surface area contributed by atoms with E-state index in [4.69, 9.17) is 0 Å². The molecule has 2 N–H and O–H groups in total. The van der Waals surface area contributed by atoms with Crippen molar-refractivity contribution < 1.29 is 14.0 Å². The van der Waals surface area contributed by atoms with Crippen LogP contribution in [0.3, 0.4) is 0 Å². The molecule has 0 spiro atoms. The molecular weight excluding hydrogens is 337 g/mol. The number of halogens is 1. The van der Waals surface area contributed by atoms with Crippen LogP contribution in [0.15, 0.2) is 24.3 Å². The molecule has 26 heavy (non-hydrogen) atoms. The topological polar surface area (TPSA) is 79.3 Å². The van der Waals surface area contributed by atoms with Crippen LogP contribution in [0.5, 0.6) is 0 Å². The van der Waals surface area contributed by atoms with Crippen molar-refractivity contribution in [3.05, 3.63) is 41.5 Å². The van der Waals surface area contributed by atoms with Crippen molar-refractivity contribution in [3.63, 3.8) is 0 Å². The summed E-state index contributed by atoms with van der Waals surface area (Å²) in [5.41, 5.74) is 2.65. The Morgan fingerprint density at radius 3 is 2.58 bits per heavy atom. The van der Waals surface area contributed by atoms with E-state index in [0.717, 1.165) is 11.4 Å². The van der Waals surface area contributed by atoms with Crippen LogP contribution in [0.25, 0.3) is 0 Å². The third kappa shape index (κ3) is 4.66. The van der Waals surface area contributed by atoms with Crippen LogP contribution in [-0.4, -0.2) is 46.1 Å². The van der Waals surface area contributed by atoms with Crippen molar-refractivity contribution in [1.82, 2.24) is 14.7 Å². The molecule has 0 fully saturated rings. The average Bonchev–Trinajstić information content (AvgIpc) is 2.80. The normalized spacial score (nSPS) is 12.1. The Bertz CT molecular complexity index is 818. The number of hydrogen-bond acceptors (Lipinski definition) is 4. The van der Waals surface area contributed by atoms with Gasteiger partial charge in [0.05, 0.1) is 29.7 Å². The summed E-state index contributed by atoms with van der Waals surface area (Å²) in [7, 11) is 3.49. The van der Waals surface area contributed by atoms with Crippen LogP contribution >= 0.6 is 0 Å². The summed E-state index contributed by atoms with van der Waals surface area (Å²) < 4.78 is 14.9. The number of nitrogens with one attached hydrogen (secondary N) is 2. The first-order valence-corrected chi connectivity index (χ1v) is 8.25. The number of carbonyl (C=O) groups excluding carboxylic acids is 2. The Hall–Kier alpha value is -2.74. The molecule has 0 radical (unpaired) electrons. The van der Waals surface area contributed by atoms with Gasteiger partial charge in [0, 0.05) is 12.7 Å². The van der Waals surface area contributed by atoms with Crippen LogP contribution in [0.2, 0.25) is 0 Å². The summed E-state index contributed by atoms with van der Waals surface area (Å²) in [6.45, 7) is 5.40. The molecule has 0 bridgehead atoms. The van der Waals surface area contributed by atoms with Gasteiger partial charge in [0.15, 0.2) is 0 Å². The first-order valence-electron chi connectivity index (χ1n) is 8.25. The lowest BCUT2D eigenvalue weighted by molar-refractivity contribution is -0.122. The van der Waals surface area contributed by atoms with Gasteiger partial charge in [-0.1, -0.05) is 6.07 Å². The molecule has 0 saturated heterocycles. The molecule has 2 rings (SSSR count). The van der Waals surface area contributed by atoms with E-state index >= 15 is 0 Å². The van der Waals surface area contributed by atoms with E-state index in [0.29, 0.717) is 11.4 Å². The molecule has 0 aliphatic carbocycles. The fourth-order valence-electron chi connectivity index (χ4n) is 2.51. The van der Waals surface area contributed by atoms with E-state index in [1.165, 1.54) is 18.2 Å². The maximum absolute atomic E-state index is 13.2. The van der Waals surface area contributed by atoms with Crippen molar-refractivity contribution >= 4 is 23.2 Å². The number of aryl methyl sites for hydroxylation is 2. The molecule has 8 heteroatoms. The molecule has 0 saturated carbocycles. The number of benzene rings is 1. The van der Waals surface area contributed by atoms with E-state index < -0.39 is 11.9 Å². The van der Waals surface area contributed by atoms with Gasteiger partial charge in [-0.15, -0.1) is 0 Å². The second kappa shape index (κ2) is 8.09. The van der Waals surface area contributed by atoms with Crippen LogP contribution in [0.4, 0.5) is 15.8 Å². The minimum atomic E-state index is -0.535. The summed E-state index contributed by atoms with van der Waals surface area (Å²) in [6.07, 6.45) is 0. The predicted octanol–water partition coefficient (Wildman–Crippen LogP) is 2.07. The van der Waals surface area contributed by atoms with E-state index in [1.54, 1.807) is 29.6 Å². The van der Waals surface area contributed by atoms with Gasteiger partial charge in [0.2, 0.25) is 11.8 Å². The minimum Gasteiger partial charge on any atom is -0.325 e. The summed E-state index contributed by atoms with van der Waals surface area (Å²) in [5, 5.41) is 9.74. The second-order valence-electron chi connectivity index (χ2n) is 6.31.